The Labute approximate surface area is 162 Å². The fourth-order valence-corrected chi connectivity index (χ4v) is 4.77. The maximum absolute atomic E-state index is 13.1. The number of fused-ring (bicyclic) bond motifs is 1. The quantitative estimate of drug-likeness (QED) is 0.734. The maximum Gasteiger partial charge on any atom is 0.266 e. The molecule has 27 heavy (non-hydrogen) atoms. The molecule has 2 amide bonds. The topological polar surface area (TPSA) is 62.3 Å². The molecule has 6 heteroatoms. The fourth-order valence-electron chi connectivity index (χ4n) is 3.55. The van der Waals surface area contributed by atoms with Crippen molar-refractivity contribution in [1.29, 1.82) is 0 Å². The van der Waals surface area contributed by atoms with E-state index in [9.17, 15) is 9.59 Å². The zero-order valence-corrected chi connectivity index (χ0v) is 16.2. The molecule has 0 spiro atoms. The molecule has 1 aliphatic rings. The van der Waals surface area contributed by atoms with Gasteiger partial charge in [-0.1, -0.05) is 18.2 Å². The van der Waals surface area contributed by atoms with E-state index in [1.54, 1.807) is 12.1 Å². The summed E-state index contributed by atoms with van der Waals surface area (Å²) in [6.45, 7) is 5.47. The number of amides is 2. The smallest absolute Gasteiger partial charge is 0.266 e. The summed E-state index contributed by atoms with van der Waals surface area (Å²) in [4.78, 5) is 33.7. The van der Waals surface area contributed by atoms with Gasteiger partial charge < -0.3 is 10.2 Å². The number of rotatable bonds is 3. The highest BCUT2D eigenvalue weighted by Gasteiger charge is 2.27. The van der Waals surface area contributed by atoms with E-state index >= 15 is 0 Å². The third-order valence-electron chi connectivity index (χ3n) is 4.85. The third kappa shape index (κ3) is 3.32. The van der Waals surface area contributed by atoms with Gasteiger partial charge in [-0.15, -0.1) is 11.3 Å². The van der Waals surface area contributed by atoms with E-state index < -0.39 is 0 Å². The molecule has 1 N–H and O–H groups in total. The van der Waals surface area contributed by atoms with Crippen LogP contribution < -0.4 is 5.32 Å². The second-order valence-electron chi connectivity index (χ2n) is 6.89. The lowest BCUT2D eigenvalue weighted by atomic mass is 10.1. The van der Waals surface area contributed by atoms with Gasteiger partial charge in [0.2, 0.25) is 0 Å². The van der Waals surface area contributed by atoms with Crippen LogP contribution in [0.1, 0.15) is 44.1 Å². The van der Waals surface area contributed by atoms with Crippen LogP contribution in [0.15, 0.2) is 36.4 Å². The second-order valence-corrected chi connectivity index (χ2v) is 7.89. The van der Waals surface area contributed by atoms with Crippen molar-refractivity contribution in [2.45, 2.75) is 26.7 Å². The van der Waals surface area contributed by atoms with Crippen LogP contribution in [0.2, 0.25) is 0 Å². The Kier molecular flexibility index (Phi) is 4.66. The minimum absolute atomic E-state index is 0.0177. The van der Waals surface area contributed by atoms with E-state index in [4.69, 9.17) is 0 Å². The molecule has 0 unspecified atom stereocenters. The zero-order chi connectivity index (χ0) is 19.0. The first-order chi connectivity index (χ1) is 13.0. The molecule has 1 aliphatic heterocycles. The molecule has 2 aromatic heterocycles. The lowest BCUT2D eigenvalue weighted by Gasteiger charge is -2.15. The molecule has 1 aromatic carbocycles. The van der Waals surface area contributed by atoms with Gasteiger partial charge in [0.05, 0.1) is 5.69 Å². The Morgan fingerprint density at radius 3 is 2.52 bits per heavy atom. The number of nitrogens with zero attached hydrogens (tertiary/aromatic N) is 2. The molecule has 138 valence electrons. The highest BCUT2D eigenvalue weighted by atomic mass is 32.1. The molecule has 3 heterocycles. The van der Waals surface area contributed by atoms with Crippen LogP contribution in [0.3, 0.4) is 0 Å². The van der Waals surface area contributed by atoms with E-state index in [0.29, 0.717) is 16.1 Å². The molecular formula is C21H21N3O2S. The van der Waals surface area contributed by atoms with Crippen molar-refractivity contribution in [1.82, 2.24) is 9.88 Å². The van der Waals surface area contributed by atoms with Gasteiger partial charge in [-0.2, -0.15) is 0 Å². The van der Waals surface area contributed by atoms with Gasteiger partial charge in [-0.25, -0.2) is 4.98 Å². The summed E-state index contributed by atoms with van der Waals surface area (Å²) >= 11 is 1.37. The van der Waals surface area contributed by atoms with Crippen molar-refractivity contribution in [3.05, 3.63) is 58.1 Å². The van der Waals surface area contributed by atoms with Crippen LogP contribution in [-0.4, -0.2) is 34.8 Å². The highest BCUT2D eigenvalue weighted by Crippen LogP contribution is 2.38. The average Bonchev–Trinajstić information content (AvgIpc) is 3.30. The number of thiophene rings is 1. The molecule has 1 fully saturated rings. The summed E-state index contributed by atoms with van der Waals surface area (Å²) in [5.74, 6) is -0.235. The summed E-state index contributed by atoms with van der Waals surface area (Å²) in [5.41, 5.74) is 3.07. The Morgan fingerprint density at radius 2 is 1.81 bits per heavy atom. The lowest BCUT2D eigenvalue weighted by Crippen LogP contribution is -2.28. The molecule has 0 atom stereocenters. The van der Waals surface area contributed by atoms with E-state index in [0.717, 1.165) is 47.4 Å². The standard InChI is InChI=1S/C21H21N3O2S/c1-13-12-14(2)22-20-16(13)17(23-19(25)15-8-4-3-5-9-15)18(27-20)21(26)24-10-6-7-11-24/h3-5,8-9,12H,6-7,10-11H2,1-2H3,(H,23,25). The molecule has 5 nitrogen and oxygen atoms in total. The van der Waals surface area contributed by atoms with Gasteiger partial charge in [-0.05, 0) is 50.5 Å². The Balaban J connectivity index is 1.81. The summed E-state index contributed by atoms with van der Waals surface area (Å²) < 4.78 is 0. The van der Waals surface area contributed by atoms with Crippen molar-refractivity contribution in [3.8, 4) is 0 Å². The minimum Gasteiger partial charge on any atom is -0.338 e. The fraction of sp³-hybridized carbons (Fsp3) is 0.286. The number of benzene rings is 1. The average molecular weight is 379 g/mol. The Bertz CT molecular complexity index is 1020. The monoisotopic (exact) mass is 379 g/mol. The predicted molar refractivity (Wildman–Crippen MR) is 109 cm³/mol. The number of nitrogens with one attached hydrogen (secondary N) is 1. The van der Waals surface area contributed by atoms with Crippen molar-refractivity contribution < 1.29 is 9.59 Å². The summed E-state index contributed by atoms with van der Waals surface area (Å²) in [6, 6.07) is 11.0. The number of carbonyl (C=O) groups excluding carboxylic acids is 2. The van der Waals surface area contributed by atoms with E-state index in [1.807, 2.05) is 43.0 Å². The van der Waals surface area contributed by atoms with Gasteiger partial charge >= 0.3 is 0 Å². The van der Waals surface area contributed by atoms with Gasteiger partial charge in [0.25, 0.3) is 11.8 Å². The van der Waals surface area contributed by atoms with E-state index in [2.05, 4.69) is 10.3 Å². The minimum atomic E-state index is -0.217. The molecule has 4 rings (SSSR count). The van der Waals surface area contributed by atoms with Crippen molar-refractivity contribution in [2.24, 2.45) is 0 Å². The number of likely N-dealkylation sites (tertiary alicyclic amines) is 1. The molecule has 1 saturated heterocycles. The van der Waals surface area contributed by atoms with Gasteiger partial charge in [0, 0.05) is 29.7 Å². The van der Waals surface area contributed by atoms with Crippen molar-refractivity contribution >= 4 is 39.1 Å². The van der Waals surface area contributed by atoms with Gasteiger partial charge in [0.15, 0.2) is 0 Å². The van der Waals surface area contributed by atoms with Crippen LogP contribution in [0.4, 0.5) is 5.69 Å². The van der Waals surface area contributed by atoms with Crippen LogP contribution in [0.5, 0.6) is 0 Å². The van der Waals surface area contributed by atoms with Crippen molar-refractivity contribution in [2.75, 3.05) is 18.4 Å². The number of anilines is 1. The van der Waals surface area contributed by atoms with Gasteiger partial charge in [-0.3, -0.25) is 9.59 Å². The largest absolute Gasteiger partial charge is 0.338 e. The van der Waals surface area contributed by atoms with Crippen molar-refractivity contribution in [3.63, 3.8) is 0 Å². The predicted octanol–water partition coefficient (Wildman–Crippen LogP) is 4.40. The van der Waals surface area contributed by atoms with Crippen LogP contribution in [0, 0.1) is 13.8 Å². The number of hydrogen-bond acceptors (Lipinski definition) is 4. The number of aromatic nitrogens is 1. The molecule has 0 bridgehead atoms. The van der Waals surface area contributed by atoms with Crippen LogP contribution >= 0.6 is 11.3 Å². The molecule has 0 saturated carbocycles. The molecular weight excluding hydrogens is 358 g/mol. The van der Waals surface area contributed by atoms with Crippen LogP contribution in [-0.2, 0) is 0 Å². The third-order valence-corrected chi connectivity index (χ3v) is 5.92. The zero-order valence-electron chi connectivity index (χ0n) is 15.4. The lowest BCUT2D eigenvalue weighted by molar-refractivity contribution is 0.0798. The van der Waals surface area contributed by atoms with Crippen LogP contribution in [0.25, 0.3) is 10.2 Å². The summed E-state index contributed by atoms with van der Waals surface area (Å²) in [5, 5.41) is 3.86. The first-order valence-electron chi connectivity index (χ1n) is 9.11. The Morgan fingerprint density at radius 1 is 1.11 bits per heavy atom. The normalized spacial score (nSPS) is 13.9. The van der Waals surface area contributed by atoms with E-state index in [-0.39, 0.29) is 11.8 Å². The molecule has 0 aliphatic carbocycles. The first-order valence-corrected chi connectivity index (χ1v) is 9.92. The maximum atomic E-state index is 13.1. The number of hydrogen-bond donors (Lipinski definition) is 1. The number of pyridine rings is 1. The van der Waals surface area contributed by atoms with Gasteiger partial charge in [0.1, 0.15) is 9.71 Å². The summed E-state index contributed by atoms with van der Waals surface area (Å²) in [7, 11) is 0. The molecule has 3 aromatic rings. The molecule has 0 radical (unpaired) electrons. The number of carbonyl (C=O) groups is 2. The second kappa shape index (κ2) is 7.12. The SMILES string of the molecule is Cc1cc(C)c2c(NC(=O)c3ccccc3)c(C(=O)N3CCCC3)sc2n1. The Hall–Kier alpha value is -2.73. The summed E-state index contributed by atoms with van der Waals surface area (Å²) in [6.07, 6.45) is 2.05. The van der Waals surface area contributed by atoms with E-state index in [1.165, 1.54) is 11.3 Å². The first kappa shape index (κ1) is 17.7. The number of aryl methyl sites for hydroxylation is 2. The highest BCUT2D eigenvalue weighted by molar-refractivity contribution is 7.21.